The van der Waals surface area contributed by atoms with E-state index < -0.39 is 0 Å². The second-order valence-electron chi connectivity index (χ2n) is 5.36. The minimum Gasteiger partial charge on any atom is -0.339 e. The molecule has 3 nitrogen and oxygen atoms in total. The van der Waals surface area contributed by atoms with E-state index in [1.165, 1.54) is 0 Å². The van der Waals surface area contributed by atoms with Gasteiger partial charge in [-0.25, -0.2) is 0 Å². The summed E-state index contributed by atoms with van der Waals surface area (Å²) in [5.41, 5.74) is 9.17. The molecule has 0 bridgehead atoms. The lowest BCUT2D eigenvalue weighted by Gasteiger charge is -2.21. The van der Waals surface area contributed by atoms with E-state index >= 15 is 0 Å². The zero-order valence-electron chi connectivity index (χ0n) is 13.3. The molecular formula is C19H24N2O. The largest absolute Gasteiger partial charge is 0.339 e. The molecule has 0 fully saturated rings. The molecule has 1 amide bonds. The van der Waals surface area contributed by atoms with Gasteiger partial charge in [0.25, 0.3) is 5.91 Å². The Morgan fingerprint density at radius 1 is 1.00 bits per heavy atom. The lowest BCUT2D eigenvalue weighted by Crippen LogP contribution is -2.31. The number of rotatable bonds is 6. The van der Waals surface area contributed by atoms with E-state index in [1.807, 2.05) is 73.3 Å². The molecule has 0 saturated heterocycles. The summed E-state index contributed by atoms with van der Waals surface area (Å²) >= 11 is 0. The molecule has 0 saturated carbocycles. The van der Waals surface area contributed by atoms with Gasteiger partial charge in [0.15, 0.2) is 0 Å². The van der Waals surface area contributed by atoms with Gasteiger partial charge in [-0.3, -0.25) is 4.79 Å². The van der Waals surface area contributed by atoms with Crippen molar-refractivity contribution in [2.45, 2.75) is 26.3 Å². The molecule has 0 aliphatic heterocycles. The van der Waals surface area contributed by atoms with Crippen molar-refractivity contribution in [3.63, 3.8) is 0 Å². The number of carbonyl (C=O) groups excluding carboxylic acids is 1. The average Bonchev–Trinajstić information content (AvgIpc) is 2.57. The third kappa shape index (κ3) is 3.74. The minimum atomic E-state index is -0.105. The van der Waals surface area contributed by atoms with Crippen molar-refractivity contribution in [3.8, 4) is 0 Å². The van der Waals surface area contributed by atoms with Gasteiger partial charge in [0, 0.05) is 24.7 Å². The SMILES string of the molecule is CCN(CC)C(=O)c1ccccc1C[C@H](N)c1ccccc1. The van der Waals surface area contributed by atoms with E-state index in [4.69, 9.17) is 5.73 Å². The van der Waals surface area contributed by atoms with Crippen LogP contribution in [0.4, 0.5) is 0 Å². The van der Waals surface area contributed by atoms with Crippen molar-refractivity contribution in [2.24, 2.45) is 5.73 Å². The predicted octanol–water partition coefficient (Wildman–Crippen LogP) is 3.41. The van der Waals surface area contributed by atoms with Crippen molar-refractivity contribution in [2.75, 3.05) is 13.1 Å². The first-order valence-electron chi connectivity index (χ1n) is 7.85. The zero-order valence-corrected chi connectivity index (χ0v) is 13.3. The maximum atomic E-state index is 12.6. The van der Waals surface area contributed by atoms with E-state index in [0.29, 0.717) is 19.5 Å². The molecule has 0 heterocycles. The molecule has 2 aromatic carbocycles. The molecule has 0 spiro atoms. The maximum Gasteiger partial charge on any atom is 0.254 e. The van der Waals surface area contributed by atoms with Gasteiger partial charge in [0.1, 0.15) is 0 Å². The Kier molecular flexibility index (Phi) is 5.73. The third-order valence-electron chi connectivity index (χ3n) is 3.97. The number of carbonyl (C=O) groups is 1. The highest BCUT2D eigenvalue weighted by molar-refractivity contribution is 5.95. The Bertz CT molecular complexity index is 606. The summed E-state index contributed by atoms with van der Waals surface area (Å²) in [6, 6.07) is 17.7. The Morgan fingerprint density at radius 3 is 2.23 bits per heavy atom. The molecule has 0 aliphatic rings. The van der Waals surface area contributed by atoms with Crippen molar-refractivity contribution in [1.82, 2.24) is 4.90 Å². The molecule has 0 aromatic heterocycles. The molecule has 0 radical (unpaired) electrons. The first kappa shape index (κ1) is 16.2. The number of amides is 1. The quantitative estimate of drug-likeness (QED) is 0.888. The number of nitrogens with zero attached hydrogens (tertiary/aromatic N) is 1. The highest BCUT2D eigenvalue weighted by Gasteiger charge is 2.17. The van der Waals surface area contributed by atoms with Crippen LogP contribution >= 0.6 is 0 Å². The molecule has 22 heavy (non-hydrogen) atoms. The predicted molar refractivity (Wildman–Crippen MR) is 90.8 cm³/mol. The summed E-state index contributed by atoms with van der Waals surface area (Å²) in [6.07, 6.45) is 0.660. The molecule has 1 atom stereocenters. The molecule has 3 heteroatoms. The highest BCUT2D eigenvalue weighted by Crippen LogP contribution is 2.20. The molecule has 0 aliphatic carbocycles. The zero-order chi connectivity index (χ0) is 15.9. The summed E-state index contributed by atoms with van der Waals surface area (Å²) in [4.78, 5) is 14.5. The Balaban J connectivity index is 2.23. The minimum absolute atomic E-state index is 0.0841. The van der Waals surface area contributed by atoms with Crippen LogP contribution in [0, 0.1) is 0 Å². The molecular weight excluding hydrogens is 272 g/mol. The summed E-state index contributed by atoms with van der Waals surface area (Å²) in [6.45, 7) is 5.43. The number of benzene rings is 2. The summed E-state index contributed by atoms with van der Waals surface area (Å²) in [5, 5.41) is 0. The molecule has 2 aromatic rings. The van der Waals surface area contributed by atoms with Crippen LogP contribution < -0.4 is 5.73 Å². The summed E-state index contributed by atoms with van der Waals surface area (Å²) in [7, 11) is 0. The van der Waals surface area contributed by atoms with Crippen LogP contribution in [0.25, 0.3) is 0 Å². The highest BCUT2D eigenvalue weighted by atomic mass is 16.2. The topological polar surface area (TPSA) is 46.3 Å². The van der Waals surface area contributed by atoms with Crippen LogP contribution in [-0.4, -0.2) is 23.9 Å². The van der Waals surface area contributed by atoms with Crippen molar-refractivity contribution in [3.05, 3.63) is 71.3 Å². The molecule has 2 N–H and O–H groups in total. The van der Waals surface area contributed by atoms with E-state index in [2.05, 4.69) is 0 Å². The van der Waals surface area contributed by atoms with Crippen LogP contribution in [0.3, 0.4) is 0 Å². The van der Waals surface area contributed by atoms with Gasteiger partial charge in [0.05, 0.1) is 0 Å². The van der Waals surface area contributed by atoms with Crippen LogP contribution in [0.1, 0.15) is 41.4 Å². The van der Waals surface area contributed by atoms with Crippen molar-refractivity contribution in [1.29, 1.82) is 0 Å². The first-order valence-corrected chi connectivity index (χ1v) is 7.85. The summed E-state index contributed by atoms with van der Waals surface area (Å²) in [5.74, 6) is 0.0841. The Hall–Kier alpha value is -2.13. The van der Waals surface area contributed by atoms with E-state index in [0.717, 1.165) is 16.7 Å². The van der Waals surface area contributed by atoms with E-state index in [9.17, 15) is 4.79 Å². The standard InChI is InChI=1S/C19H24N2O/c1-3-21(4-2)19(22)17-13-9-8-12-16(17)14-18(20)15-10-6-5-7-11-15/h5-13,18H,3-4,14,20H2,1-2H3/t18-/m0/s1. The smallest absolute Gasteiger partial charge is 0.254 e. The normalized spacial score (nSPS) is 12.0. The molecule has 2 rings (SSSR count). The van der Waals surface area contributed by atoms with Gasteiger partial charge in [0.2, 0.25) is 0 Å². The number of nitrogens with two attached hydrogens (primary N) is 1. The van der Waals surface area contributed by atoms with Crippen molar-refractivity contribution >= 4 is 5.91 Å². The lowest BCUT2D eigenvalue weighted by molar-refractivity contribution is 0.0772. The third-order valence-corrected chi connectivity index (χ3v) is 3.97. The Morgan fingerprint density at radius 2 is 1.59 bits per heavy atom. The monoisotopic (exact) mass is 296 g/mol. The first-order chi connectivity index (χ1) is 10.7. The van der Waals surface area contributed by atoms with Gasteiger partial charge >= 0.3 is 0 Å². The van der Waals surface area contributed by atoms with Gasteiger partial charge in [-0.15, -0.1) is 0 Å². The molecule has 0 unspecified atom stereocenters. The second-order valence-corrected chi connectivity index (χ2v) is 5.36. The Labute approximate surface area is 132 Å². The van der Waals surface area contributed by atoms with Crippen LogP contribution in [0.2, 0.25) is 0 Å². The van der Waals surface area contributed by atoms with E-state index in [1.54, 1.807) is 0 Å². The van der Waals surface area contributed by atoms with Crippen LogP contribution in [-0.2, 0) is 6.42 Å². The fraction of sp³-hybridized carbons (Fsp3) is 0.316. The maximum absolute atomic E-state index is 12.6. The van der Waals surface area contributed by atoms with Gasteiger partial charge < -0.3 is 10.6 Å². The second kappa shape index (κ2) is 7.76. The van der Waals surface area contributed by atoms with Gasteiger partial charge in [-0.1, -0.05) is 48.5 Å². The fourth-order valence-electron chi connectivity index (χ4n) is 2.64. The van der Waals surface area contributed by atoms with Gasteiger partial charge in [-0.2, -0.15) is 0 Å². The average molecular weight is 296 g/mol. The number of hydrogen-bond donors (Lipinski definition) is 1. The van der Waals surface area contributed by atoms with E-state index in [-0.39, 0.29) is 11.9 Å². The van der Waals surface area contributed by atoms with Crippen LogP contribution in [0.15, 0.2) is 54.6 Å². The fourth-order valence-corrected chi connectivity index (χ4v) is 2.64. The summed E-state index contributed by atoms with van der Waals surface area (Å²) < 4.78 is 0. The number of hydrogen-bond acceptors (Lipinski definition) is 2. The lowest BCUT2D eigenvalue weighted by atomic mass is 9.95. The molecule has 116 valence electrons. The van der Waals surface area contributed by atoms with Crippen LogP contribution in [0.5, 0.6) is 0 Å². The van der Waals surface area contributed by atoms with Gasteiger partial charge in [-0.05, 0) is 37.5 Å². The van der Waals surface area contributed by atoms with Crippen molar-refractivity contribution < 1.29 is 4.79 Å².